The van der Waals surface area contributed by atoms with E-state index in [1.54, 1.807) is 23.5 Å². The number of nitrogens with zero attached hydrogens (tertiary/aromatic N) is 2. The van der Waals surface area contributed by atoms with Crippen LogP contribution in [0.3, 0.4) is 0 Å². The van der Waals surface area contributed by atoms with E-state index >= 15 is 0 Å². The quantitative estimate of drug-likeness (QED) is 0.603. The van der Waals surface area contributed by atoms with Gasteiger partial charge in [0.1, 0.15) is 5.01 Å². The van der Waals surface area contributed by atoms with Gasteiger partial charge in [0.05, 0.1) is 34.6 Å². The monoisotopic (exact) mass is 422 g/mol. The van der Waals surface area contributed by atoms with E-state index in [1.807, 2.05) is 42.3 Å². The third kappa shape index (κ3) is 5.04. The summed E-state index contributed by atoms with van der Waals surface area (Å²) in [6, 6.07) is 15.4. The number of para-hydroxylation sites is 2. The van der Waals surface area contributed by atoms with Crippen LogP contribution in [-0.4, -0.2) is 41.3 Å². The van der Waals surface area contributed by atoms with Crippen LogP contribution in [0.1, 0.15) is 41.0 Å². The molecule has 0 saturated heterocycles. The Morgan fingerprint density at radius 1 is 1.10 bits per heavy atom. The van der Waals surface area contributed by atoms with Crippen molar-refractivity contribution in [2.45, 2.75) is 38.3 Å². The zero-order chi connectivity index (χ0) is 20.9. The molecular weight excluding hydrogens is 396 g/mol. The minimum Gasteiger partial charge on any atom is -0.349 e. The number of benzene rings is 2. The highest BCUT2D eigenvalue weighted by Gasteiger charge is 2.20. The van der Waals surface area contributed by atoms with Gasteiger partial charge in [-0.05, 0) is 44.2 Å². The molecule has 0 aliphatic heterocycles. The summed E-state index contributed by atoms with van der Waals surface area (Å²) in [6.45, 7) is 0.811. The Balaban J connectivity index is 1.35. The topological polar surface area (TPSA) is 74.3 Å². The summed E-state index contributed by atoms with van der Waals surface area (Å²) in [5, 5.41) is 6.96. The Morgan fingerprint density at radius 3 is 2.63 bits per heavy atom. The van der Waals surface area contributed by atoms with Crippen LogP contribution in [-0.2, 0) is 11.3 Å². The average molecular weight is 423 g/mol. The molecule has 0 bridgehead atoms. The van der Waals surface area contributed by atoms with Gasteiger partial charge in [0.25, 0.3) is 5.91 Å². The first-order valence-electron chi connectivity index (χ1n) is 10.3. The number of likely N-dealkylation sites (N-methyl/N-ethyl adjacent to an activating group) is 1. The first-order chi connectivity index (χ1) is 14.6. The number of aromatic nitrogens is 1. The molecule has 1 aliphatic rings. The summed E-state index contributed by atoms with van der Waals surface area (Å²) in [5.41, 5.74) is 2.04. The summed E-state index contributed by atoms with van der Waals surface area (Å²) in [6.07, 6.45) is 4.36. The van der Waals surface area contributed by atoms with Crippen LogP contribution in [0.4, 0.5) is 5.69 Å². The van der Waals surface area contributed by atoms with Crippen LogP contribution in [0.25, 0.3) is 10.2 Å². The van der Waals surface area contributed by atoms with E-state index in [2.05, 4.69) is 21.7 Å². The molecule has 2 amide bonds. The zero-order valence-electron chi connectivity index (χ0n) is 17.1. The summed E-state index contributed by atoms with van der Waals surface area (Å²) < 4.78 is 1.15. The van der Waals surface area contributed by atoms with E-state index in [4.69, 9.17) is 0 Å². The predicted octanol–water partition coefficient (Wildman–Crippen LogP) is 4.04. The molecule has 2 N–H and O–H groups in total. The largest absolute Gasteiger partial charge is 0.349 e. The molecule has 7 heteroatoms. The Labute approximate surface area is 180 Å². The maximum absolute atomic E-state index is 12.7. The fourth-order valence-corrected chi connectivity index (χ4v) is 4.88. The number of anilines is 1. The van der Waals surface area contributed by atoms with Crippen molar-refractivity contribution in [2.24, 2.45) is 0 Å². The second kappa shape index (κ2) is 9.36. The van der Waals surface area contributed by atoms with Crippen molar-refractivity contribution >= 4 is 39.1 Å². The molecule has 1 aromatic heterocycles. The van der Waals surface area contributed by atoms with Crippen molar-refractivity contribution in [1.82, 2.24) is 15.2 Å². The fraction of sp³-hybridized carbons (Fsp3) is 0.348. The third-order valence-electron chi connectivity index (χ3n) is 5.29. The Bertz CT molecular complexity index is 1010. The molecule has 156 valence electrons. The molecule has 2 aromatic carbocycles. The van der Waals surface area contributed by atoms with Gasteiger partial charge in [0.2, 0.25) is 5.91 Å². The number of amides is 2. The lowest BCUT2D eigenvalue weighted by atomic mass is 10.1. The smallest absolute Gasteiger partial charge is 0.253 e. The standard InChI is InChI=1S/C23H26N4O2S/c1-27(15-22-26-19-12-6-7-13-20(19)30-22)14-21(28)25-18-11-5-4-10-17(18)23(29)24-16-8-2-3-9-16/h4-7,10-13,16H,2-3,8-9,14-15H2,1H3,(H,24,29)(H,25,28). The molecule has 0 spiro atoms. The molecule has 1 heterocycles. The van der Waals surface area contributed by atoms with Crippen LogP contribution >= 0.6 is 11.3 Å². The van der Waals surface area contributed by atoms with Gasteiger partial charge in [-0.25, -0.2) is 4.98 Å². The first kappa shape index (κ1) is 20.5. The number of rotatable bonds is 7. The summed E-state index contributed by atoms with van der Waals surface area (Å²) in [5.74, 6) is -0.277. The molecular formula is C23H26N4O2S. The SMILES string of the molecule is CN(CC(=O)Nc1ccccc1C(=O)NC1CCCC1)Cc1nc2ccccc2s1. The molecule has 6 nitrogen and oxygen atoms in total. The van der Waals surface area contributed by atoms with Crippen molar-refractivity contribution in [3.05, 3.63) is 59.1 Å². The maximum Gasteiger partial charge on any atom is 0.253 e. The molecule has 3 aromatic rings. The van der Waals surface area contributed by atoms with Crippen molar-refractivity contribution in [1.29, 1.82) is 0 Å². The Hall–Kier alpha value is -2.77. The third-order valence-corrected chi connectivity index (χ3v) is 6.31. The molecule has 0 unspecified atom stereocenters. The number of fused-ring (bicyclic) bond motifs is 1. The average Bonchev–Trinajstić information content (AvgIpc) is 3.37. The summed E-state index contributed by atoms with van der Waals surface area (Å²) in [4.78, 5) is 31.8. The number of thiazole rings is 1. The van der Waals surface area contributed by atoms with Gasteiger partial charge in [-0.15, -0.1) is 11.3 Å². The summed E-state index contributed by atoms with van der Waals surface area (Å²) in [7, 11) is 1.89. The Morgan fingerprint density at radius 2 is 1.83 bits per heavy atom. The van der Waals surface area contributed by atoms with Crippen molar-refractivity contribution in [3.63, 3.8) is 0 Å². The van der Waals surface area contributed by atoms with E-state index in [0.29, 0.717) is 17.8 Å². The van der Waals surface area contributed by atoms with E-state index in [-0.39, 0.29) is 24.4 Å². The highest BCUT2D eigenvalue weighted by atomic mass is 32.1. The lowest BCUT2D eigenvalue weighted by Gasteiger charge is -2.17. The zero-order valence-corrected chi connectivity index (χ0v) is 17.9. The van der Waals surface area contributed by atoms with Crippen LogP contribution < -0.4 is 10.6 Å². The molecule has 4 rings (SSSR count). The van der Waals surface area contributed by atoms with Gasteiger partial charge in [0, 0.05) is 6.04 Å². The second-order valence-corrected chi connectivity index (χ2v) is 8.91. The maximum atomic E-state index is 12.7. The van der Waals surface area contributed by atoms with Crippen LogP contribution in [0.5, 0.6) is 0 Å². The van der Waals surface area contributed by atoms with Gasteiger partial charge in [0.15, 0.2) is 0 Å². The van der Waals surface area contributed by atoms with Crippen molar-refractivity contribution in [2.75, 3.05) is 18.9 Å². The lowest BCUT2D eigenvalue weighted by Crippen LogP contribution is -2.34. The van der Waals surface area contributed by atoms with E-state index in [1.165, 1.54) is 0 Å². The molecule has 1 saturated carbocycles. The minimum absolute atomic E-state index is 0.124. The van der Waals surface area contributed by atoms with Crippen LogP contribution in [0.15, 0.2) is 48.5 Å². The highest BCUT2D eigenvalue weighted by molar-refractivity contribution is 7.18. The van der Waals surface area contributed by atoms with E-state index in [9.17, 15) is 9.59 Å². The highest BCUT2D eigenvalue weighted by Crippen LogP contribution is 2.23. The van der Waals surface area contributed by atoms with E-state index < -0.39 is 0 Å². The van der Waals surface area contributed by atoms with Gasteiger partial charge in [-0.1, -0.05) is 37.1 Å². The number of hydrogen-bond donors (Lipinski definition) is 2. The van der Waals surface area contributed by atoms with Gasteiger partial charge in [-0.2, -0.15) is 0 Å². The normalized spacial score (nSPS) is 14.3. The minimum atomic E-state index is -0.153. The van der Waals surface area contributed by atoms with Crippen molar-refractivity contribution in [3.8, 4) is 0 Å². The number of carbonyl (C=O) groups is 2. The predicted molar refractivity (Wildman–Crippen MR) is 121 cm³/mol. The second-order valence-electron chi connectivity index (χ2n) is 7.80. The first-order valence-corrected chi connectivity index (χ1v) is 11.1. The number of carbonyl (C=O) groups excluding carboxylic acids is 2. The fourth-order valence-electron chi connectivity index (χ4n) is 3.83. The molecule has 0 atom stereocenters. The van der Waals surface area contributed by atoms with Crippen molar-refractivity contribution < 1.29 is 9.59 Å². The Kier molecular flexibility index (Phi) is 6.40. The lowest BCUT2D eigenvalue weighted by molar-refractivity contribution is -0.117. The molecule has 1 fully saturated rings. The molecule has 1 aliphatic carbocycles. The van der Waals surface area contributed by atoms with E-state index in [0.717, 1.165) is 40.9 Å². The van der Waals surface area contributed by atoms with Gasteiger partial charge < -0.3 is 10.6 Å². The van der Waals surface area contributed by atoms with Gasteiger partial charge >= 0.3 is 0 Å². The number of hydrogen-bond acceptors (Lipinski definition) is 5. The molecule has 30 heavy (non-hydrogen) atoms. The summed E-state index contributed by atoms with van der Waals surface area (Å²) >= 11 is 1.64. The van der Waals surface area contributed by atoms with Gasteiger partial charge in [-0.3, -0.25) is 14.5 Å². The number of nitrogens with one attached hydrogen (secondary N) is 2. The van der Waals surface area contributed by atoms with Crippen LogP contribution in [0, 0.1) is 0 Å². The van der Waals surface area contributed by atoms with Crippen LogP contribution in [0.2, 0.25) is 0 Å². The molecule has 0 radical (unpaired) electrons.